The molecule has 0 aliphatic carbocycles. The fraction of sp³-hybridized carbons (Fsp3) is 0.333. The second-order valence-electron chi connectivity index (χ2n) is 4.19. The molecule has 0 saturated carbocycles. The molecule has 0 amide bonds. The molecule has 102 valence electrons. The quantitative estimate of drug-likeness (QED) is 0.868. The van der Waals surface area contributed by atoms with Gasteiger partial charge in [0.15, 0.2) is 0 Å². The van der Waals surface area contributed by atoms with E-state index in [1.165, 1.54) is 0 Å². The summed E-state index contributed by atoms with van der Waals surface area (Å²) in [6.07, 6.45) is 0. The van der Waals surface area contributed by atoms with Gasteiger partial charge in [-0.2, -0.15) is 0 Å². The van der Waals surface area contributed by atoms with Crippen molar-refractivity contribution >= 4 is 0 Å². The molecular formula is C15H19NO3. The zero-order valence-corrected chi connectivity index (χ0v) is 11.3. The minimum atomic E-state index is 0.403. The number of hydrogen-bond acceptors (Lipinski definition) is 4. The summed E-state index contributed by atoms with van der Waals surface area (Å²) in [6.45, 7) is 5.38. The highest BCUT2D eigenvalue weighted by Crippen LogP contribution is 2.22. The largest absolute Gasteiger partial charge is 0.494 e. The van der Waals surface area contributed by atoms with Gasteiger partial charge >= 0.3 is 0 Å². The zero-order valence-electron chi connectivity index (χ0n) is 11.3. The fourth-order valence-corrected chi connectivity index (χ4v) is 1.81. The summed E-state index contributed by atoms with van der Waals surface area (Å²) in [4.78, 5) is 0. The third-order valence-corrected chi connectivity index (χ3v) is 2.78. The first-order valence-electron chi connectivity index (χ1n) is 6.37. The molecule has 0 unspecified atom stereocenters. The van der Waals surface area contributed by atoms with Gasteiger partial charge in [-0.3, -0.25) is 0 Å². The maximum absolute atomic E-state index is 5.74. The first kappa shape index (κ1) is 13.5. The molecule has 2 N–H and O–H groups in total. The van der Waals surface area contributed by atoms with Crippen LogP contribution in [0.3, 0.4) is 0 Å². The molecule has 0 aliphatic rings. The lowest BCUT2D eigenvalue weighted by Crippen LogP contribution is -1.97. The Morgan fingerprint density at radius 1 is 1.16 bits per heavy atom. The Balaban J connectivity index is 2.01. The molecule has 2 rings (SSSR count). The van der Waals surface area contributed by atoms with Crippen molar-refractivity contribution in [3.8, 4) is 11.5 Å². The summed E-state index contributed by atoms with van der Waals surface area (Å²) in [5.41, 5.74) is 6.56. The number of benzene rings is 1. The second-order valence-corrected chi connectivity index (χ2v) is 4.19. The molecule has 1 aromatic carbocycles. The van der Waals surface area contributed by atoms with Crippen molar-refractivity contribution in [3.05, 3.63) is 47.4 Å². The average molecular weight is 261 g/mol. The Kier molecular flexibility index (Phi) is 4.47. The summed E-state index contributed by atoms with van der Waals surface area (Å²) < 4.78 is 16.7. The van der Waals surface area contributed by atoms with E-state index < -0.39 is 0 Å². The van der Waals surface area contributed by atoms with Gasteiger partial charge in [0.2, 0.25) is 0 Å². The highest BCUT2D eigenvalue weighted by atomic mass is 16.5. The lowest BCUT2D eigenvalue weighted by atomic mass is 10.2. The molecule has 0 atom stereocenters. The Hall–Kier alpha value is -1.94. The smallest absolute Gasteiger partial charge is 0.123 e. The molecule has 0 bridgehead atoms. The first-order chi connectivity index (χ1) is 9.22. The number of aryl methyl sites for hydroxylation is 1. The predicted molar refractivity (Wildman–Crippen MR) is 73.3 cm³/mol. The van der Waals surface area contributed by atoms with Crippen molar-refractivity contribution in [2.75, 3.05) is 6.61 Å². The van der Waals surface area contributed by atoms with Crippen molar-refractivity contribution < 1.29 is 13.9 Å². The number of ether oxygens (including phenoxy) is 2. The lowest BCUT2D eigenvalue weighted by molar-refractivity contribution is 0.297. The van der Waals surface area contributed by atoms with Crippen LogP contribution in [0.25, 0.3) is 0 Å². The molecule has 0 aliphatic heterocycles. The van der Waals surface area contributed by atoms with Crippen LogP contribution in [0, 0.1) is 6.92 Å². The van der Waals surface area contributed by atoms with E-state index in [1.807, 2.05) is 44.2 Å². The maximum atomic E-state index is 5.74. The van der Waals surface area contributed by atoms with E-state index in [2.05, 4.69) is 0 Å². The van der Waals surface area contributed by atoms with Crippen molar-refractivity contribution in [2.45, 2.75) is 27.0 Å². The van der Waals surface area contributed by atoms with Crippen molar-refractivity contribution in [2.24, 2.45) is 5.73 Å². The molecule has 4 heteroatoms. The molecule has 2 aromatic rings. The molecule has 0 spiro atoms. The van der Waals surface area contributed by atoms with Crippen LogP contribution in [-0.2, 0) is 13.2 Å². The highest BCUT2D eigenvalue weighted by molar-refractivity contribution is 5.33. The number of hydrogen-bond donors (Lipinski definition) is 1. The monoisotopic (exact) mass is 261 g/mol. The van der Waals surface area contributed by atoms with Crippen molar-refractivity contribution in [3.63, 3.8) is 0 Å². The Morgan fingerprint density at radius 3 is 2.53 bits per heavy atom. The Bertz CT molecular complexity index is 534. The molecule has 0 fully saturated rings. The van der Waals surface area contributed by atoms with E-state index in [0.29, 0.717) is 19.8 Å². The van der Waals surface area contributed by atoms with Crippen LogP contribution in [0.5, 0.6) is 11.5 Å². The van der Waals surface area contributed by atoms with Crippen LogP contribution in [0.2, 0.25) is 0 Å². The van der Waals surface area contributed by atoms with E-state index in [0.717, 1.165) is 28.6 Å². The van der Waals surface area contributed by atoms with Crippen LogP contribution in [0.4, 0.5) is 0 Å². The van der Waals surface area contributed by atoms with Gasteiger partial charge in [-0.15, -0.1) is 0 Å². The van der Waals surface area contributed by atoms with E-state index in [-0.39, 0.29) is 0 Å². The third-order valence-electron chi connectivity index (χ3n) is 2.78. The molecule has 19 heavy (non-hydrogen) atoms. The minimum absolute atomic E-state index is 0.403. The second kappa shape index (κ2) is 6.29. The van der Waals surface area contributed by atoms with Gasteiger partial charge in [0.1, 0.15) is 29.6 Å². The number of furan rings is 1. The van der Waals surface area contributed by atoms with Crippen molar-refractivity contribution in [1.82, 2.24) is 0 Å². The van der Waals surface area contributed by atoms with E-state index in [9.17, 15) is 0 Å². The van der Waals surface area contributed by atoms with E-state index >= 15 is 0 Å². The van der Waals surface area contributed by atoms with Gasteiger partial charge in [-0.1, -0.05) is 6.07 Å². The summed E-state index contributed by atoms with van der Waals surface area (Å²) in [5, 5.41) is 0. The van der Waals surface area contributed by atoms with Gasteiger partial charge < -0.3 is 19.6 Å². The summed E-state index contributed by atoms with van der Waals surface area (Å²) >= 11 is 0. The van der Waals surface area contributed by atoms with Gasteiger partial charge in [0, 0.05) is 11.6 Å². The highest BCUT2D eigenvalue weighted by Gasteiger charge is 2.07. The topological polar surface area (TPSA) is 57.6 Å². The Labute approximate surface area is 113 Å². The lowest BCUT2D eigenvalue weighted by Gasteiger charge is -2.07. The molecule has 1 aromatic heterocycles. The average Bonchev–Trinajstić information content (AvgIpc) is 2.78. The predicted octanol–water partition coefficient (Wildman–Crippen LogP) is 3.02. The normalized spacial score (nSPS) is 10.5. The number of nitrogens with two attached hydrogens (primary N) is 1. The molecule has 0 radical (unpaired) electrons. The third kappa shape index (κ3) is 3.51. The van der Waals surface area contributed by atoms with Crippen LogP contribution < -0.4 is 15.2 Å². The van der Waals surface area contributed by atoms with Crippen LogP contribution >= 0.6 is 0 Å². The first-order valence-corrected chi connectivity index (χ1v) is 6.37. The summed E-state index contributed by atoms with van der Waals surface area (Å²) in [6, 6.07) is 9.53. The fourth-order valence-electron chi connectivity index (χ4n) is 1.81. The molecule has 1 heterocycles. The standard InChI is InChI=1S/C15H19NO3/c1-3-17-13-5-4-6-14(8-13)18-10-12-7-15(9-16)19-11(12)2/h4-8H,3,9-10,16H2,1-2H3. The minimum Gasteiger partial charge on any atom is -0.494 e. The zero-order chi connectivity index (χ0) is 13.7. The van der Waals surface area contributed by atoms with E-state index in [1.54, 1.807) is 0 Å². The maximum Gasteiger partial charge on any atom is 0.123 e. The van der Waals surface area contributed by atoms with Crippen LogP contribution in [-0.4, -0.2) is 6.61 Å². The summed E-state index contributed by atoms with van der Waals surface area (Å²) in [5.74, 6) is 3.22. The van der Waals surface area contributed by atoms with Gasteiger partial charge in [0.25, 0.3) is 0 Å². The van der Waals surface area contributed by atoms with Gasteiger partial charge in [0.05, 0.1) is 13.2 Å². The molecule has 0 saturated heterocycles. The van der Waals surface area contributed by atoms with Gasteiger partial charge in [-0.25, -0.2) is 0 Å². The molecular weight excluding hydrogens is 242 g/mol. The number of rotatable bonds is 6. The van der Waals surface area contributed by atoms with Crippen molar-refractivity contribution in [1.29, 1.82) is 0 Å². The molecule has 4 nitrogen and oxygen atoms in total. The van der Waals surface area contributed by atoms with Gasteiger partial charge in [-0.05, 0) is 32.0 Å². The summed E-state index contributed by atoms with van der Waals surface area (Å²) in [7, 11) is 0. The SMILES string of the molecule is CCOc1cccc(OCc2cc(CN)oc2C)c1. The van der Waals surface area contributed by atoms with Crippen LogP contribution in [0.15, 0.2) is 34.7 Å². The van der Waals surface area contributed by atoms with Crippen LogP contribution in [0.1, 0.15) is 24.0 Å². The van der Waals surface area contributed by atoms with E-state index in [4.69, 9.17) is 19.6 Å². The Morgan fingerprint density at radius 2 is 1.89 bits per heavy atom.